The molecule has 2 amide bonds. The Balaban J connectivity index is 1.30. The number of phenolic OH excluding ortho intramolecular Hbond substituents is 1. The zero-order valence-electron chi connectivity index (χ0n) is 24.3. The van der Waals surface area contributed by atoms with E-state index in [0.717, 1.165) is 44.0 Å². The quantitative estimate of drug-likeness (QED) is 0.194. The SMILES string of the molecule is Cc1cc(/C=C(/CC[C@H]2OB(O)C[C@H]3C2=C(CO)C[C@H]2C(=O)N(Cc4cccs4)C(=O)[C@H]23)c2ccccn2)cc(C)c1O. The van der Waals surface area contributed by atoms with Gasteiger partial charge in [-0.2, -0.15) is 0 Å². The number of thiophene rings is 1. The van der Waals surface area contributed by atoms with E-state index in [4.69, 9.17) is 4.65 Å². The Bertz CT molecular complexity index is 1560. The number of aliphatic hydroxyl groups is 1. The van der Waals surface area contributed by atoms with Gasteiger partial charge in [0.15, 0.2) is 0 Å². The molecule has 3 N–H and O–H groups in total. The van der Waals surface area contributed by atoms with Gasteiger partial charge in [-0.15, -0.1) is 11.3 Å². The highest BCUT2D eigenvalue weighted by Crippen LogP contribution is 2.51. The summed E-state index contributed by atoms with van der Waals surface area (Å²) in [4.78, 5) is 34.1. The molecule has 1 aliphatic carbocycles. The van der Waals surface area contributed by atoms with E-state index in [0.29, 0.717) is 19.3 Å². The number of benzene rings is 1. The molecule has 1 aromatic carbocycles. The smallest absolute Gasteiger partial charge is 0.455 e. The van der Waals surface area contributed by atoms with Crippen LogP contribution in [0.3, 0.4) is 0 Å². The number of amides is 2. The van der Waals surface area contributed by atoms with E-state index >= 15 is 0 Å². The monoisotopic (exact) mass is 598 g/mol. The van der Waals surface area contributed by atoms with E-state index < -0.39 is 25.1 Å². The lowest BCUT2D eigenvalue weighted by molar-refractivity contribution is -0.140. The lowest BCUT2D eigenvalue weighted by Gasteiger charge is -2.43. The summed E-state index contributed by atoms with van der Waals surface area (Å²) in [5.41, 5.74) is 5.85. The number of likely N-dealkylation sites (tertiary alicyclic amines) is 1. The molecule has 4 atom stereocenters. The number of allylic oxidation sites excluding steroid dienone is 1. The minimum atomic E-state index is -1.09. The van der Waals surface area contributed by atoms with Crippen molar-refractivity contribution < 1.29 is 29.5 Å². The summed E-state index contributed by atoms with van der Waals surface area (Å²) in [5.74, 6) is -1.63. The van der Waals surface area contributed by atoms with Crippen molar-refractivity contribution in [1.29, 1.82) is 0 Å². The Morgan fingerprint density at radius 1 is 1.14 bits per heavy atom. The Hall–Kier alpha value is -3.57. The molecule has 0 radical (unpaired) electrons. The first-order valence-electron chi connectivity index (χ1n) is 14.7. The number of fused-ring (bicyclic) bond motifs is 3. The molecule has 2 saturated heterocycles. The molecule has 0 spiro atoms. The van der Waals surface area contributed by atoms with E-state index in [-0.39, 0.29) is 43.0 Å². The molecule has 0 unspecified atom stereocenters. The minimum Gasteiger partial charge on any atom is -0.507 e. The molecule has 0 saturated carbocycles. The van der Waals surface area contributed by atoms with Crippen LogP contribution in [0.15, 0.2) is 65.2 Å². The second-order valence-corrected chi connectivity index (χ2v) is 12.8. The molecule has 4 heterocycles. The maximum atomic E-state index is 13.7. The first-order chi connectivity index (χ1) is 20.7. The van der Waals surface area contributed by atoms with Crippen LogP contribution in [0, 0.1) is 31.6 Å². The third-order valence-electron chi connectivity index (χ3n) is 9.01. The number of imide groups is 1. The van der Waals surface area contributed by atoms with Crippen LogP contribution >= 0.6 is 11.3 Å². The predicted molar refractivity (Wildman–Crippen MR) is 166 cm³/mol. The summed E-state index contributed by atoms with van der Waals surface area (Å²) in [5, 5.41) is 33.5. The second-order valence-electron chi connectivity index (χ2n) is 11.7. The summed E-state index contributed by atoms with van der Waals surface area (Å²) in [6.45, 7) is 3.75. The van der Waals surface area contributed by atoms with Crippen molar-refractivity contribution >= 4 is 41.9 Å². The van der Waals surface area contributed by atoms with Gasteiger partial charge in [-0.05, 0) is 121 Å². The van der Waals surface area contributed by atoms with Gasteiger partial charge in [-0.3, -0.25) is 19.5 Å². The van der Waals surface area contributed by atoms with Crippen molar-refractivity contribution in [3.8, 4) is 5.75 Å². The van der Waals surface area contributed by atoms with Crippen LogP contribution in [-0.2, 0) is 20.8 Å². The molecule has 2 aromatic heterocycles. The molecule has 2 aliphatic heterocycles. The van der Waals surface area contributed by atoms with Gasteiger partial charge < -0.3 is 19.9 Å². The third-order valence-corrected chi connectivity index (χ3v) is 9.87. The van der Waals surface area contributed by atoms with E-state index in [2.05, 4.69) is 11.1 Å². The van der Waals surface area contributed by atoms with Crippen LogP contribution in [0.25, 0.3) is 11.6 Å². The predicted octanol–water partition coefficient (Wildman–Crippen LogP) is 4.78. The molecule has 10 heteroatoms. The van der Waals surface area contributed by atoms with Crippen LogP contribution in [0.4, 0.5) is 0 Å². The molecule has 0 bridgehead atoms. The van der Waals surface area contributed by atoms with Gasteiger partial charge >= 0.3 is 7.12 Å². The van der Waals surface area contributed by atoms with Crippen LogP contribution in [-0.4, -0.2) is 56.8 Å². The van der Waals surface area contributed by atoms with E-state index in [1.807, 2.05) is 61.7 Å². The van der Waals surface area contributed by atoms with Crippen LogP contribution in [0.2, 0.25) is 6.32 Å². The first-order valence-corrected chi connectivity index (χ1v) is 15.6. The highest BCUT2D eigenvalue weighted by molar-refractivity contribution is 7.09. The van der Waals surface area contributed by atoms with Gasteiger partial charge in [0.05, 0.1) is 36.8 Å². The van der Waals surface area contributed by atoms with Crippen molar-refractivity contribution in [2.75, 3.05) is 6.61 Å². The highest BCUT2D eigenvalue weighted by atomic mass is 32.1. The Labute approximate surface area is 255 Å². The number of aromatic nitrogens is 1. The van der Waals surface area contributed by atoms with Crippen molar-refractivity contribution in [3.05, 3.63) is 92.4 Å². The van der Waals surface area contributed by atoms with Gasteiger partial charge in [-0.1, -0.05) is 12.1 Å². The summed E-state index contributed by atoms with van der Waals surface area (Å²) < 4.78 is 6.10. The van der Waals surface area contributed by atoms with Crippen molar-refractivity contribution in [3.63, 3.8) is 0 Å². The maximum absolute atomic E-state index is 13.7. The second kappa shape index (κ2) is 12.2. The fourth-order valence-corrected chi connectivity index (χ4v) is 7.77. The number of nitrogens with zero attached hydrogens (tertiary/aromatic N) is 2. The number of carbonyl (C=O) groups excluding carboxylic acids is 2. The summed E-state index contributed by atoms with van der Waals surface area (Å²) in [6.07, 6.45) is 4.82. The number of aromatic hydroxyl groups is 1. The molecule has 43 heavy (non-hydrogen) atoms. The standard InChI is InChI=1S/C33H35BN2O6S/c1-19-12-21(13-20(2)31(19)38)14-22(27-7-3-4-10-35-27)8-9-28-29-23(18-37)15-25-30(26(29)16-34(41)42-28)33(40)36(32(25)39)17-24-6-5-11-43-24/h3-7,10-14,25-26,28,30,37-38,41H,8-9,15-18H2,1-2H3/b22-14-/t25-,26+,28-,30-/m1/s1. The molecule has 2 fully saturated rings. The fourth-order valence-electron chi connectivity index (χ4n) is 7.08. The van der Waals surface area contributed by atoms with Gasteiger partial charge in [0.2, 0.25) is 11.8 Å². The Kier molecular flexibility index (Phi) is 8.37. The number of pyridine rings is 1. The van der Waals surface area contributed by atoms with Gasteiger partial charge in [-0.25, -0.2) is 0 Å². The van der Waals surface area contributed by atoms with Gasteiger partial charge in [0.1, 0.15) is 5.75 Å². The summed E-state index contributed by atoms with van der Waals surface area (Å²) in [6, 6.07) is 13.4. The van der Waals surface area contributed by atoms with Crippen LogP contribution < -0.4 is 0 Å². The molecule has 8 nitrogen and oxygen atoms in total. The van der Waals surface area contributed by atoms with Gasteiger partial charge in [0, 0.05) is 11.1 Å². The summed E-state index contributed by atoms with van der Waals surface area (Å²) >= 11 is 1.51. The fraction of sp³-hybridized carbons (Fsp3) is 0.364. The molecular formula is C33H35BN2O6S. The lowest BCUT2D eigenvalue weighted by atomic mass is 9.58. The minimum absolute atomic E-state index is 0.203. The van der Waals surface area contributed by atoms with Crippen LogP contribution in [0.5, 0.6) is 5.75 Å². The topological polar surface area (TPSA) is 120 Å². The molecule has 222 valence electrons. The average Bonchev–Trinajstić information content (AvgIpc) is 3.60. The number of hydrogen-bond acceptors (Lipinski definition) is 8. The van der Waals surface area contributed by atoms with Crippen molar-refractivity contribution in [2.45, 2.75) is 52.1 Å². The highest BCUT2D eigenvalue weighted by Gasteiger charge is 2.57. The van der Waals surface area contributed by atoms with Gasteiger partial charge in [0.25, 0.3) is 0 Å². The number of phenols is 1. The number of aliphatic hydroxyl groups excluding tert-OH is 1. The van der Waals surface area contributed by atoms with Crippen molar-refractivity contribution in [2.24, 2.45) is 17.8 Å². The largest absolute Gasteiger partial charge is 0.507 e. The first kappa shape index (κ1) is 29.5. The maximum Gasteiger partial charge on any atom is 0.455 e. The van der Waals surface area contributed by atoms with Crippen LogP contribution in [0.1, 0.15) is 46.5 Å². The zero-order valence-corrected chi connectivity index (χ0v) is 25.1. The Morgan fingerprint density at radius 2 is 1.93 bits per heavy atom. The molecule has 3 aromatic rings. The molecule has 6 rings (SSSR count). The zero-order chi connectivity index (χ0) is 30.2. The third kappa shape index (κ3) is 5.72. The molecular weight excluding hydrogens is 563 g/mol. The normalized spacial score (nSPS) is 24.0. The van der Waals surface area contributed by atoms with Crippen molar-refractivity contribution in [1.82, 2.24) is 9.88 Å². The average molecular weight is 599 g/mol. The van der Waals surface area contributed by atoms with E-state index in [1.165, 1.54) is 16.2 Å². The lowest BCUT2D eigenvalue weighted by Crippen LogP contribution is -2.46. The Morgan fingerprint density at radius 3 is 2.60 bits per heavy atom. The summed E-state index contributed by atoms with van der Waals surface area (Å²) in [7, 11) is -1.09. The number of hydrogen-bond donors (Lipinski definition) is 3. The van der Waals surface area contributed by atoms with E-state index in [9.17, 15) is 24.8 Å². The number of carbonyl (C=O) groups is 2. The number of aryl methyl sites for hydroxylation is 2. The van der Waals surface area contributed by atoms with E-state index in [1.54, 1.807) is 6.20 Å². The molecule has 3 aliphatic rings. The number of rotatable bonds is 8.